The molecule has 74 valence electrons. The second kappa shape index (κ2) is 5.41. The average molecular weight is 189 g/mol. The van der Waals surface area contributed by atoms with E-state index in [1.807, 2.05) is 18.2 Å². The van der Waals surface area contributed by atoms with Gasteiger partial charge in [0, 0.05) is 6.61 Å². The predicted octanol–water partition coefficient (Wildman–Crippen LogP) is 2.73. The molecule has 14 heavy (non-hydrogen) atoms. The van der Waals surface area contributed by atoms with Gasteiger partial charge in [-0.25, -0.2) is 0 Å². The third-order valence-electron chi connectivity index (χ3n) is 1.78. The van der Waals surface area contributed by atoms with Gasteiger partial charge in [0.1, 0.15) is 0 Å². The number of hydrogen-bond donors (Lipinski definition) is 0. The van der Waals surface area contributed by atoms with Crippen LogP contribution in [0, 0.1) is 17.2 Å². The van der Waals surface area contributed by atoms with E-state index in [1.165, 1.54) is 0 Å². The van der Waals surface area contributed by atoms with Crippen molar-refractivity contribution >= 4 is 0 Å². The highest BCUT2D eigenvalue weighted by Gasteiger charge is 1.97. The molecule has 0 saturated heterocycles. The molecule has 0 aromatic heterocycles. The van der Waals surface area contributed by atoms with Crippen molar-refractivity contribution < 1.29 is 4.74 Å². The molecule has 0 amide bonds. The molecule has 0 aliphatic rings. The summed E-state index contributed by atoms with van der Waals surface area (Å²) < 4.78 is 5.47. The minimum absolute atomic E-state index is 0.550. The third kappa shape index (κ3) is 3.59. The lowest BCUT2D eigenvalue weighted by Crippen LogP contribution is -2.01. The van der Waals surface area contributed by atoms with Crippen LogP contribution in [0.1, 0.15) is 25.0 Å². The number of benzene rings is 1. The molecule has 0 spiro atoms. The van der Waals surface area contributed by atoms with Crippen LogP contribution in [0.3, 0.4) is 0 Å². The largest absolute Gasteiger partial charge is 0.377 e. The van der Waals surface area contributed by atoms with Crippen molar-refractivity contribution in [2.45, 2.75) is 20.5 Å². The van der Waals surface area contributed by atoms with E-state index in [0.29, 0.717) is 18.1 Å². The molecule has 1 aromatic carbocycles. The van der Waals surface area contributed by atoms with E-state index in [-0.39, 0.29) is 0 Å². The fourth-order valence-corrected chi connectivity index (χ4v) is 1.14. The smallest absolute Gasteiger partial charge is 0.0991 e. The summed E-state index contributed by atoms with van der Waals surface area (Å²) in [5.41, 5.74) is 1.75. The Balaban J connectivity index is 2.47. The predicted molar refractivity (Wildman–Crippen MR) is 55.7 cm³/mol. The fourth-order valence-electron chi connectivity index (χ4n) is 1.14. The maximum absolute atomic E-state index is 8.68. The van der Waals surface area contributed by atoms with Crippen molar-refractivity contribution in [3.63, 3.8) is 0 Å². The molecule has 0 saturated carbocycles. The van der Waals surface area contributed by atoms with E-state index < -0.39 is 0 Å². The molecular weight excluding hydrogens is 174 g/mol. The highest BCUT2D eigenvalue weighted by molar-refractivity contribution is 5.32. The Kier molecular flexibility index (Phi) is 4.15. The van der Waals surface area contributed by atoms with Crippen LogP contribution in [-0.2, 0) is 11.3 Å². The lowest BCUT2D eigenvalue weighted by atomic mass is 10.1. The van der Waals surface area contributed by atoms with Crippen LogP contribution in [0.25, 0.3) is 0 Å². The molecule has 0 bridgehead atoms. The van der Waals surface area contributed by atoms with Crippen LogP contribution in [0.15, 0.2) is 24.3 Å². The van der Waals surface area contributed by atoms with Crippen LogP contribution in [-0.4, -0.2) is 6.61 Å². The molecule has 0 fully saturated rings. The molecule has 0 heterocycles. The van der Waals surface area contributed by atoms with Gasteiger partial charge in [-0.2, -0.15) is 5.26 Å². The quantitative estimate of drug-likeness (QED) is 0.729. The third-order valence-corrected chi connectivity index (χ3v) is 1.78. The Hall–Kier alpha value is -1.33. The van der Waals surface area contributed by atoms with Crippen LogP contribution in [0.4, 0.5) is 0 Å². The average Bonchev–Trinajstić information content (AvgIpc) is 2.18. The van der Waals surface area contributed by atoms with Gasteiger partial charge in [0.2, 0.25) is 0 Å². The summed E-state index contributed by atoms with van der Waals surface area (Å²) in [6.07, 6.45) is 0. The van der Waals surface area contributed by atoms with Crippen molar-refractivity contribution in [2.75, 3.05) is 6.61 Å². The van der Waals surface area contributed by atoms with Crippen molar-refractivity contribution in [1.29, 1.82) is 5.26 Å². The van der Waals surface area contributed by atoms with Gasteiger partial charge in [-0.1, -0.05) is 26.0 Å². The molecule has 1 rings (SSSR count). The zero-order chi connectivity index (χ0) is 10.4. The van der Waals surface area contributed by atoms with Gasteiger partial charge >= 0.3 is 0 Å². The highest BCUT2D eigenvalue weighted by atomic mass is 16.5. The second-order valence-corrected chi connectivity index (χ2v) is 3.72. The molecule has 2 heteroatoms. The van der Waals surface area contributed by atoms with Crippen molar-refractivity contribution in [1.82, 2.24) is 0 Å². The Morgan fingerprint density at radius 2 is 2.21 bits per heavy atom. The zero-order valence-electron chi connectivity index (χ0n) is 8.66. The van der Waals surface area contributed by atoms with E-state index in [0.717, 1.165) is 12.2 Å². The minimum Gasteiger partial charge on any atom is -0.377 e. The van der Waals surface area contributed by atoms with Crippen LogP contribution < -0.4 is 0 Å². The summed E-state index contributed by atoms with van der Waals surface area (Å²) in [7, 11) is 0. The van der Waals surface area contributed by atoms with Gasteiger partial charge in [-0.15, -0.1) is 0 Å². The summed E-state index contributed by atoms with van der Waals surface area (Å²) in [5.74, 6) is 0.550. The molecule has 0 N–H and O–H groups in total. The van der Waals surface area contributed by atoms with Gasteiger partial charge in [0.15, 0.2) is 0 Å². The molecule has 0 unspecified atom stereocenters. The Bertz CT molecular complexity index is 325. The minimum atomic E-state index is 0.550. The summed E-state index contributed by atoms with van der Waals surface area (Å²) in [5, 5.41) is 8.68. The summed E-state index contributed by atoms with van der Waals surface area (Å²) in [4.78, 5) is 0. The lowest BCUT2D eigenvalue weighted by molar-refractivity contribution is 0.0971. The van der Waals surface area contributed by atoms with Gasteiger partial charge in [-0.05, 0) is 23.6 Å². The zero-order valence-corrected chi connectivity index (χ0v) is 8.66. The molecule has 0 atom stereocenters. The standard InChI is InChI=1S/C12H15NO/c1-10(2)8-14-9-12-5-3-4-11(6-12)7-13/h3-6,10H,8-9H2,1-2H3. The van der Waals surface area contributed by atoms with Gasteiger partial charge < -0.3 is 4.74 Å². The maximum atomic E-state index is 8.68. The molecule has 1 aromatic rings. The van der Waals surface area contributed by atoms with Crippen molar-refractivity contribution in [2.24, 2.45) is 5.92 Å². The first-order valence-electron chi connectivity index (χ1n) is 4.79. The topological polar surface area (TPSA) is 33.0 Å². The number of ether oxygens (including phenoxy) is 1. The molecule has 2 nitrogen and oxygen atoms in total. The molecule has 0 aliphatic carbocycles. The van der Waals surface area contributed by atoms with E-state index in [4.69, 9.17) is 10.00 Å². The summed E-state index contributed by atoms with van der Waals surface area (Å²) in [6.45, 7) is 5.59. The molecular formula is C12H15NO. The summed E-state index contributed by atoms with van der Waals surface area (Å²) in [6, 6.07) is 9.62. The molecule has 0 radical (unpaired) electrons. The Morgan fingerprint density at radius 3 is 2.86 bits per heavy atom. The highest BCUT2D eigenvalue weighted by Crippen LogP contribution is 2.06. The SMILES string of the molecule is CC(C)COCc1cccc(C#N)c1. The van der Waals surface area contributed by atoms with E-state index in [9.17, 15) is 0 Å². The monoisotopic (exact) mass is 189 g/mol. The van der Waals surface area contributed by atoms with E-state index >= 15 is 0 Å². The Labute approximate surface area is 85.1 Å². The Morgan fingerprint density at radius 1 is 1.43 bits per heavy atom. The van der Waals surface area contributed by atoms with Gasteiger partial charge in [-0.3, -0.25) is 0 Å². The first-order valence-corrected chi connectivity index (χ1v) is 4.79. The second-order valence-electron chi connectivity index (χ2n) is 3.72. The van der Waals surface area contributed by atoms with Gasteiger partial charge in [0.25, 0.3) is 0 Å². The fraction of sp³-hybridized carbons (Fsp3) is 0.417. The van der Waals surface area contributed by atoms with Crippen LogP contribution in [0.5, 0.6) is 0 Å². The molecule has 0 aliphatic heterocycles. The van der Waals surface area contributed by atoms with Crippen LogP contribution >= 0.6 is 0 Å². The van der Waals surface area contributed by atoms with E-state index in [2.05, 4.69) is 19.9 Å². The number of rotatable bonds is 4. The number of hydrogen-bond acceptors (Lipinski definition) is 2. The van der Waals surface area contributed by atoms with Crippen LogP contribution in [0.2, 0.25) is 0 Å². The van der Waals surface area contributed by atoms with E-state index in [1.54, 1.807) is 6.07 Å². The lowest BCUT2D eigenvalue weighted by Gasteiger charge is -2.06. The number of nitriles is 1. The van der Waals surface area contributed by atoms with Crippen molar-refractivity contribution in [3.8, 4) is 6.07 Å². The maximum Gasteiger partial charge on any atom is 0.0991 e. The first-order chi connectivity index (χ1) is 6.72. The normalized spacial score (nSPS) is 10.1. The first kappa shape index (κ1) is 10.7. The van der Waals surface area contributed by atoms with Gasteiger partial charge in [0.05, 0.1) is 18.2 Å². The van der Waals surface area contributed by atoms with Crippen molar-refractivity contribution in [3.05, 3.63) is 35.4 Å². The summed E-state index contributed by atoms with van der Waals surface area (Å²) >= 11 is 0. The number of nitrogens with zero attached hydrogens (tertiary/aromatic N) is 1.